The number of aryl methyl sites for hydroxylation is 4. The molecule has 0 saturated carbocycles. The van der Waals surface area contributed by atoms with Crippen LogP contribution in [0.1, 0.15) is 22.3 Å². The van der Waals surface area contributed by atoms with Gasteiger partial charge in [-0.2, -0.15) is 0 Å². The van der Waals surface area contributed by atoms with Crippen molar-refractivity contribution in [3.8, 4) is 44.5 Å². The summed E-state index contributed by atoms with van der Waals surface area (Å²) in [4.78, 5) is 0. The Bertz CT molecular complexity index is 1450. The van der Waals surface area contributed by atoms with Gasteiger partial charge in [0.1, 0.15) is 0 Å². The molecule has 5 aromatic rings. The number of hydrogen-bond donors (Lipinski definition) is 0. The molecule has 0 unspecified atom stereocenters. The third kappa shape index (κ3) is 4.32. The molecule has 0 nitrogen and oxygen atoms in total. The van der Waals surface area contributed by atoms with Gasteiger partial charge in [0, 0.05) is 0 Å². The van der Waals surface area contributed by atoms with Crippen LogP contribution in [0.2, 0.25) is 0 Å². The minimum absolute atomic E-state index is 1.25. The van der Waals surface area contributed by atoms with Crippen molar-refractivity contribution in [1.29, 1.82) is 0 Å². The van der Waals surface area contributed by atoms with E-state index >= 15 is 0 Å². The molecular formula is C34H30. The summed E-state index contributed by atoms with van der Waals surface area (Å²) in [6, 6.07) is 39.9. The molecule has 5 aromatic carbocycles. The third-order valence-corrected chi connectivity index (χ3v) is 6.80. The summed E-state index contributed by atoms with van der Waals surface area (Å²) in [5, 5.41) is 0. The second-order valence-electron chi connectivity index (χ2n) is 9.32. The molecule has 5 rings (SSSR count). The minimum Gasteiger partial charge on any atom is -0.0620 e. The zero-order valence-corrected chi connectivity index (χ0v) is 20.4. The Hall–Kier alpha value is -3.90. The summed E-state index contributed by atoms with van der Waals surface area (Å²) in [6.07, 6.45) is 0. The van der Waals surface area contributed by atoms with Crippen LogP contribution < -0.4 is 0 Å². The van der Waals surface area contributed by atoms with Crippen LogP contribution in [0.4, 0.5) is 0 Å². The summed E-state index contributed by atoms with van der Waals surface area (Å²) in [5.41, 5.74) is 15.4. The second-order valence-corrected chi connectivity index (χ2v) is 9.32. The molecule has 0 atom stereocenters. The Morgan fingerprint density at radius 1 is 0.324 bits per heavy atom. The van der Waals surface area contributed by atoms with Gasteiger partial charge in [0.15, 0.2) is 0 Å². The van der Waals surface area contributed by atoms with Crippen LogP contribution >= 0.6 is 0 Å². The number of rotatable bonds is 4. The summed E-state index contributed by atoms with van der Waals surface area (Å²) >= 11 is 0. The minimum atomic E-state index is 1.25. The molecule has 0 aliphatic rings. The fourth-order valence-corrected chi connectivity index (χ4v) is 4.78. The molecule has 0 amide bonds. The zero-order valence-electron chi connectivity index (χ0n) is 20.4. The van der Waals surface area contributed by atoms with E-state index in [1.807, 2.05) is 0 Å². The Balaban J connectivity index is 1.41. The van der Waals surface area contributed by atoms with E-state index in [9.17, 15) is 0 Å². The van der Waals surface area contributed by atoms with Crippen LogP contribution in [-0.2, 0) is 0 Å². The predicted octanol–water partition coefficient (Wildman–Crippen LogP) is 9.59. The highest BCUT2D eigenvalue weighted by Crippen LogP contribution is 2.32. The van der Waals surface area contributed by atoms with Gasteiger partial charge < -0.3 is 0 Å². The van der Waals surface area contributed by atoms with E-state index in [4.69, 9.17) is 0 Å². The highest BCUT2D eigenvalue weighted by molar-refractivity contribution is 5.77. The van der Waals surface area contributed by atoms with E-state index in [1.165, 1.54) is 66.8 Å². The largest absolute Gasteiger partial charge is 0.0620 e. The monoisotopic (exact) mass is 438 g/mol. The second kappa shape index (κ2) is 9.15. The Kier molecular flexibility index (Phi) is 5.90. The van der Waals surface area contributed by atoms with Gasteiger partial charge in [0.05, 0.1) is 0 Å². The molecule has 0 saturated heterocycles. The van der Waals surface area contributed by atoms with Crippen molar-refractivity contribution in [1.82, 2.24) is 0 Å². The molecule has 34 heavy (non-hydrogen) atoms. The SMILES string of the molecule is Cc1ccc(C)c(-c2ccc(-c3ccc(-c4ccc(-c5ccccc5C)cc4)c(C)c3)cc2)c1. The van der Waals surface area contributed by atoms with Gasteiger partial charge >= 0.3 is 0 Å². The van der Waals surface area contributed by atoms with Crippen LogP contribution in [0.15, 0.2) is 109 Å². The quantitative estimate of drug-likeness (QED) is 0.262. The standard InChI is InChI=1S/C34H30/c1-23-9-10-25(3)34(21-23)30-13-11-27(12-14-30)31-19-20-33(26(4)22-31)29-17-15-28(16-18-29)32-8-6-5-7-24(32)2/h5-22H,1-4H3. The van der Waals surface area contributed by atoms with Gasteiger partial charge in [0.25, 0.3) is 0 Å². The van der Waals surface area contributed by atoms with Crippen LogP contribution in [0.25, 0.3) is 44.5 Å². The zero-order chi connectivity index (χ0) is 23.7. The van der Waals surface area contributed by atoms with Crippen molar-refractivity contribution in [3.05, 3.63) is 131 Å². The van der Waals surface area contributed by atoms with Crippen LogP contribution in [0.3, 0.4) is 0 Å². The Labute approximate surface area is 203 Å². The molecule has 166 valence electrons. The van der Waals surface area contributed by atoms with E-state index in [0.29, 0.717) is 0 Å². The fraction of sp³-hybridized carbons (Fsp3) is 0.118. The lowest BCUT2D eigenvalue weighted by molar-refractivity contribution is 1.39. The first kappa shape index (κ1) is 21.9. The van der Waals surface area contributed by atoms with Gasteiger partial charge in [-0.05, 0) is 88.9 Å². The molecule has 0 spiro atoms. The third-order valence-electron chi connectivity index (χ3n) is 6.80. The van der Waals surface area contributed by atoms with Crippen molar-refractivity contribution < 1.29 is 0 Å². The van der Waals surface area contributed by atoms with Gasteiger partial charge in [0.2, 0.25) is 0 Å². The lowest BCUT2D eigenvalue weighted by Crippen LogP contribution is -1.88. The van der Waals surface area contributed by atoms with E-state index in [2.05, 4.69) is 137 Å². The highest BCUT2D eigenvalue weighted by atomic mass is 14.1. The lowest BCUT2D eigenvalue weighted by Gasteiger charge is -2.12. The maximum atomic E-state index is 2.30. The smallest absolute Gasteiger partial charge is 0.0152 e. The summed E-state index contributed by atoms with van der Waals surface area (Å²) in [6.45, 7) is 8.70. The summed E-state index contributed by atoms with van der Waals surface area (Å²) < 4.78 is 0. The van der Waals surface area contributed by atoms with Crippen molar-refractivity contribution in [2.24, 2.45) is 0 Å². The molecule has 0 aromatic heterocycles. The molecule has 0 heteroatoms. The van der Waals surface area contributed by atoms with E-state index < -0.39 is 0 Å². The molecule has 0 N–H and O–H groups in total. The Morgan fingerprint density at radius 2 is 0.824 bits per heavy atom. The van der Waals surface area contributed by atoms with Crippen molar-refractivity contribution >= 4 is 0 Å². The first-order chi connectivity index (χ1) is 16.5. The highest BCUT2D eigenvalue weighted by Gasteiger charge is 2.08. The molecule has 0 aliphatic carbocycles. The fourth-order valence-electron chi connectivity index (χ4n) is 4.78. The summed E-state index contributed by atoms with van der Waals surface area (Å²) in [7, 11) is 0. The topological polar surface area (TPSA) is 0 Å². The normalized spacial score (nSPS) is 10.9. The summed E-state index contributed by atoms with van der Waals surface area (Å²) in [5.74, 6) is 0. The molecule has 0 heterocycles. The predicted molar refractivity (Wildman–Crippen MR) is 147 cm³/mol. The Morgan fingerprint density at radius 3 is 1.44 bits per heavy atom. The van der Waals surface area contributed by atoms with E-state index in [-0.39, 0.29) is 0 Å². The van der Waals surface area contributed by atoms with Gasteiger partial charge in [-0.1, -0.05) is 115 Å². The van der Waals surface area contributed by atoms with Crippen molar-refractivity contribution in [2.75, 3.05) is 0 Å². The first-order valence-corrected chi connectivity index (χ1v) is 11.9. The van der Waals surface area contributed by atoms with Crippen LogP contribution in [-0.4, -0.2) is 0 Å². The maximum Gasteiger partial charge on any atom is -0.0152 e. The first-order valence-electron chi connectivity index (χ1n) is 11.9. The average molecular weight is 439 g/mol. The average Bonchev–Trinajstić information content (AvgIpc) is 2.86. The van der Waals surface area contributed by atoms with E-state index in [0.717, 1.165) is 0 Å². The molecule has 0 radical (unpaired) electrons. The maximum absolute atomic E-state index is 2.30. The van der Waals surface area contributed by atoms with Gasteiger partial charge in [-0.3, -0.25) is 0 Å². The molecule has 0 bridgehead atoms. The van der Waals surface area contributed by atoms with E-state index in [1.54, 1.807) is 0 Å². The lowest BCUT2D eigenvalue weighted by atomic mass is 9.92. The molecule has 0 aliphatic heterocycles. The van der Waals surface area contributed by atoms with Crippen molar-refractivity contribution in [2.45, 2.75) is 27.7 Å². The molecule has 0 fully saturated rings. The van der Waals surface area contributed by atoms with Crippen LogP contribution in [0.5, 0.6) is 0 Å². The van der Waals surface area contributed by atoms with Crippen molar-refractivity contribution in [3.63, 3.8) is 0 Å². The number of benzene rings is 5. The molecular weight excluding hydrogens is 408 g/mol. The van der Waals surface area contributed by atoms with Gasteiger partial charge in [-0.25, -0.2) is 0 Å². The van der Waals surface area contributed by atoms with Gasteiger partial charge in [-0.15, -0.1) is 0 Å². The number of hydrogen-bond acceptors (Lipinski definition) is 0. The van der Waals surface area contributed by atoms with Crippen LogP contribution in [0, 0.1) is 27.7 Å².